The van der Waals surface area contributed by atoms with Gasteiger partial charge in [0.15, 0.2) is 11.5 Å². The molecule has 2 aromatic rings. The number of alkyl halides is 1. The van der Waals surface area contributed by atoms with Gasteiger partial charge in [-0.15, -0.1) is 0 Å². The maximum absolute atomic E-state index is 14.1. The highest BCUT2D eigenvalue weighted by Gasteiger charge is 2.49. The second kappa shape index (κ2) is 6.64. The molecule has 2 atom stereocenters. The molecule has 0 spiro atoms. The molecule has 0 bridgehead atoms. The predicted octanol–water partition coefficient (Wildman–Crippen LogP) is 3.17. The van der Waals surface area contributed by atoms with Gasteiger partial charge in [-0.05, 0) is 60.4 Å². The third-order valence-electron chi connectivity index (χ3n) is 4.58. The number of amides is 1. The lowest BCUT2D eigenvalue weighted by atomic mass is 9.81. The van der Waals surface area contributed by atoms with Crippen LogP contribution in [-0.4, -0.2) is 30.2 Å². The highest BCUT2D eigenvalue weighted by Crippen LogP contribution is 2.41. The number of guanidine groups is 1. The Bertz CT molecular complexity index is 923. The fourth-order valence-corrected chi connectivity index (χ4v) is 3.31. The minimum atomic E-state index is -1.50. The molecule has 2 unspecified atom stereocenters. The number of aliphatic imine (C=N–C) groups is 1. The highest BCUT2D eigenvalue weighted by molar-refractivity contribution is 6.08. The van der Waals surface area contributed by atoms with Gasteiger partial charge in [-0.2, -0.15) is 0 Å². The van der Waals surface area contributed by atoms with Gasteiger partial charge in [0.25, 0.3) is 5.91 Å². The van der Waals surface area contributed by atoms with Crippen molar-refractivity contribution in [1.29, 1.82) is 0 Å². The van der Waals surface area contributed by atoms with Crippen LogP contribution in [0.5, 0.6) is 5.75 Å². The number of likely N-dealkylation sites (N-methyl/N-ethyl adjacent to an activating group) is 1. The summed E-state index contributed by atoms with van der Waals surface area (Å²) in [5, 5.41) is 0. The maximum Gasteiger partial charge on any atom is 0.266 e. The van der Waals surface area contributed by atoms with E-state index >= 15 is 0 Å². The number of ether oxygens (including phenoxy) is 1. The van der Waals surface area contributed by atoms with Crippen LogP contribution in [0.3, 0.4) is 0 Å². The molecular weight excluding hydrogens is 352 g/mol. The Labute approximate surface area is 156 Å². The number of benzene rings is 2. The van der Waals surface area contributed by atoms with Crippen molar-refractivity contribution in [2.24, 2.45) is 10.7 Å². The lowest BCUT2D eigenvalue weighted by molar-refractivity contribution is -0.129. The van der Waals surface area contributed by atoms with Gasteiger partial charge in [0.1, 0.15) is 11.6 Å². The van der Waals surface area contributed by atoms with E-state index in [1.165, 1.54) is 31.0 Å². The van der Waals surface area contributed by atoms with E-state index < -0.39 is 23.6 Å². The van der Waals surface area contributed by atoms with Crippen molar-refractivity contribution in [1.82, 2.24) is 4.90 Å². The third-order valence-corrected chi connectivity index (χ3v) is 4.58. The van der Waals surface area contributed by atoms with Crippen molar-refractivity contribution >= 4 is 11.9 Å². The molecular formula is C20H21F2N3O2. The molecule has 3 rings (SSSR count). The molecule has 0 aliphatic carbocycles. The van der Waals surface area contributed by atoms with Gasteiger partial charge in [-0.1, -0.05) is 12.1 Å². The van der Waals surface area contributed by atoms with Crippen molar-refractivity contribution in [2.75, 3.05) is 7.05 Å². The molecule has 0 radical (unpaired) electrons. The van der Waals surface area contributed by atoms with Gasteiger partial charge >= 0.3 is 0 Å². The van der Waals surface area contributed by atoms with Crippen LogP contribution in [0.15, 0.2) is 41.4 Å². The number of halogens is 2. The Morgan fingerprint density at radius 2 is 1.89 bits per heavy atom. The molecule has 5 nitrogen and oxygen atoms in total. The largest absolute Gasteiger partial charge is 0.460 e. The quantitative estimate of drug-likeness (QED) is 0.895. The van der Waals surface area contributed by atoms with Crippen LogP contribution in [0.2, 0.25) is 0 Å². The normalized spacial score (nSPS) is 20.6. The van der Waals surface area contributed by atoms with E-state index in [9.17, 15) is 13.6 Å². The average Bonchev–Trinajstić information content (AvgIpc) is 2.80. The van der Waals surface area contributed by atoms with E-state index in [1.807, 2.05) is 0 Å². The van der Waals surface area contributed by atoms with E-state index in [4.69, 9.17) is 10.5 Å². The molecule has 2 N–H and O–H groups in total. The Hall–Kier alpha value is -2.96. The summed E-state index contributed by atoms with van der Waals surface area (Å²) in [6.45, 7) is 4.76. The monoisotopic (exact) mass is 373 g/mol. The number of hydrogen-bond acceptors (Lipinski definition) is 4. The molecule has 1 amide bonds. The molecule has 27 heavy (non-hydrogen) atoms. The first-order valence-electron chi connectivity index (χ1n) is 8.48. The zero-order chi connectivity index (χ0) is 19.9. The summed E-state index contributed by atoms with van der Waals surface area (Å²) >= 11 is 0. The van der Waals surface area contributed by atoms with Crippen molar-refractivity contribution in [3.63, 3.8) is 0 Å². The summed E-state index contributed by atoms with van der Waals surface area (Å²) in [4.78, 5) is 18.8. The standard InChI is InChI=1S/C20H21F2N3O2/c1-11-7-15(10-16(22)8-11)20(18(26)25(4)19(23)24-20)14-5-6-17(12(2)9-14)27-13(3)21/h5-10,13H,1-4H3,(H2,23,24). The Morgan fingerprint density at radius 1 is 1.19 bits per heavy atom. The zero-order valence-corrected chi connectivity index (χ0v) is 15.6. The topological polar surface area (TPSA) is 67.9 Å². The second-order valence-corrected chi connectivity index (χ2v) is 6.70. The number of carbonyl (C=O) groups excluding carboxylic acids is 1. The molecule has 0 saturated carbocycles. The lowest BCUT2D eigenvalue weighted by Gasteiger charge is -2.27. The Kier molecular flexibility index (Phi) is 4.63. The van der Waals surface area contributed by atoms with Gasteiger partial charge < -0.3 is 10.5 Å². The van der Waals surface area contributed by atoms with E-state index in [1.54, 1.807) is 38.1 Å². The maximum atomic E-state index is 14.1. The average molecular weight is 373 g/mol. The highest BCUT2D eigenvalue weighted by atomic mass is 19.1. The van der Waals surface area contributed by atoms with Gasteiger partial charge in [0.05, 0.1) is 0 Å². The van der Waals surface area contributed by atoms with Crippen LogP contribution < -0.4 is 10.5 Å². The van der Waals surface area contributed by atoms with E-state index in [0.29, 0.717) is 28.0 Å². The molecule has 1 heterocycles. The van der Waals surface area contributed by atoms with E-state index in [2.05, 4.69) is 4.99 Å². The van der Waals surface area contributed by atoms with Crippen LogP contribution in [0.4, 0.5) is 8.78 Å². The molecule has 2 aromatic carbocycles. The Balaban J connectivity index is 2.24. The first-order valence-corrected chi connectivity index (χ1v) is 8.48. The molecule has 1 aliphatic rings. The number of rotatable bonds is 4. The Morgan fingerprint density at radius 3 is 2.41 bits per heavy atom. The summed E-state index contributed by atoms with van der Waals surface area (Å²) in [6.07, 6.45) is -1.47. The second-order valence-electron chi connectivity index (χ2n) is 6.70. The summed E-state index contributed by atoms with van der Waals surface area (Å²) in [5.74, 6) is -0.465. The number of nitrogens with two attached hydrogens (primary N) is 1. The van der Waals surface area contributed by atoms with Crippen LogP contribution in [0.1, 0.15) is 29.2 Å². The summed E-state index contributed by atoms with van der Waals surface area (Å²) < 4.78 is 32.4. The van der Waals surface area contributed by atoms with Crippen molar-refractivity contribution in [3.8, 4) is 5.75 Å². The third kappa shape index (κ3) is 3.13. The number of aryl methyl sites for hydroxylation is 2. The first kappa shape index (κ1) is 18.8. The minimum absolute atomic E-state index is 0.0391. The van der Waals surface area contributed by atoms with E-state index in [-0.39, 0.29) is 5.96 Å². The summed E-state index contributed by atoms with van der Waals surface area (Å²) in [7, 11) is 1.52. The molecule has 7 heteroatoms. The van der Waals surface area contributed by atoms with Gasteiger partial charge in [0.2, 0.25) is 6.36 Å². The van der Waals surface area contributed by atoms with Crippen LogP contribution in [-0.2, 0) is 10.3 Å². The van der Waals surface area contributed by atoms with Crippen molar-refractivity contribution < 1.29 is 18.3 Å². The van der Waals surface area contributed by atoms with Crippen LogP contribution in [0.25, 0.3) is 0 Å². The SMILES string of the molecule is Cc1cc(F)cc(C2(c3ccc(OC(C)F)c(C)c3)N=C(N)N(C)C2=O)c1. The number of hydrogen-bond donors (Lipinski definition) is 1. The fraction of sp³-hybridized carbons (Fsp3) is 0.300. The van der Waals surface area contributed by atoms with Crippen LogP contribution in [0, 0.1) is 19.7 Å². The summed E-state index contributed by atoms with van der Waals surface area (Å²) in [6, 6.07) is 9.25. The molecule has 142 valence electrons. The lowest BCUT2D eigenvalue weighted by Crippen LogP contribution is -2.41. The van der Waals surface area contributed by atoms with Gasteiger partial charge in [0, 0.05) is 14.0 Å². The van der Waals surface area contributed by atoms with Gasteiger partial charge in [-0.3, -0.25) is 9.69 Å². The smallest absolute Gasteiger partial charge is 0.266 e. The van der Waals surface area contributed by atoms with Crippen molar-refractivity contribution in [3.05, 3.63) is 64.5 Å². The number of nitrogens with zero attached hydrogens (tertiary/aromatic N) is 2. The van der Waals surface area contributed by atoms with Crippen LogP contribution >= 0.6 is 0 Å². The molecule has 0 fully saturated rings. The molecule has 1 aliphatic heterocycles. The summed E-state index contributed by atoms with van der Waals surface area (Å²) in [5.41, 5.74) is 6.57. The number of carbonyl (C=O) groups is 1. The van der Waals surface area contributed by atoms with E-state index in [0.717, 1.165) is 0 Å². The molecule has 0 saturated heterocycles. The minimum Gasteiger partial charge on any atom is -0.460 e. The predicted molar refractivity (Wildman–Crippen MR) is 98.7 cm³/mol. The first-order chi connectivity index (χ1) is 12.6. The molecule has 0 aromatic heterocycles. The van der Waals surface area contributed by atoms with Crippen molar-refractivity contribution in [2.45, 2.75) is 32.7 Å². The van der Waals surface area contributed by atoms with Gasteiger partial charge in [-0.25, -0.2) is 13.8 Å². The zero-order valence-electron chi connectivity index (χ0n) is 15.6. The fourth-order valence-electron chi connectivity index (χ4n) is 3.31.